The summed E-state index contributed by atoms with van der Waals surface area (Å²) in [6.07, 6.45) is 1.05. The number of halogens is 1. The van der Waals surface area contributed by atoms with Crippen LogP contribution in [0.25, 0.3) is 0 Å². The fraction of sp³-hybridized carbons (Fsp3) is 0.263. The zero-order chi connectivity index (χ0) is 19.6. The van der Waals surface area contributed by atoms with E-state index in [-0.39, 0.29) is 23.1 Å². The van der Waals surface area contributed by atoms with Gasteiger partial charge < -0.3 is 5.32 Å². The third-order valence-corrected chi connectivity index (χ3v) is 6.66. The third-order valence-electron chi connectivity index (χ3n) is 4.49. The minimum absolute atomic E-state index is 0.0658. The van der Waals surface area contributed by atoms with Crippen LogP contribution >= 0.6 is 11.6 Å². The molecule has 0 aromatic heterocycles. The number of ketones is 1. The summed E-state index contributed by atoms with van der Waals surface area (Å²) in [4.78, 5) is 24.1. The van der Waals surface area contributed by atoms with Gasteiger partial charge in [0.1, 0.15) is 6.04 Å². The van der Waals surface area contributed by atoms with Gasteiger partial charge in [-0.15, -0.1) is 0 Å². The van der Waals surface area contributed by atoms with Gasteiger partial charge in [0, 0.05) is 22.8 Å². The van der Waals surface area contributed by atoms with Gasteiger partial charge in [-0.05, 0) is 68.3 Å². The second-order valence-electron chi connectivity index (χ2n) is 6.35. The van der Waals surface area contributed by atoms with Crippen molar-refractivity contribution in [3.63, 3.8) is 0 Å². The van der Waals surface area contributed by atoms with Gasteiger partial charge in [-0.25, -0.2) is 8.42 Å². The number of carbonyl (C=O) groups is 2. The van der Waals surface area contributed by atoms with E-state index in [9.17, 15) is 18.0 Å². The van der Waals surface area contributed by atoms with E-state index in [1.807, 2.05) is 0 Å². The lowest BCUT2D eigenvalue weighted by atomic mass is 10.1. The number of rotatable bonds is 5. The molecule has 2 aromatic rings. The molecule has 0 aliphatic carbocycles. The molecule has 1 atom stereocenters. The predicted molar refractivity (Wildman–Crippen MR) is 103 cm³/mol. The van der Waals surface area contributed by atoms with Gasteiger partial charge >= 0.3 is 0 Å². The number of carbonyl (C=O) groups excluding carboxylic acids is 2. The molecule has 1 aliphatic rings. The maximum Gasteiger partial charge on any atom is 0.243 e. The highest BCUT2D eigenvalue weighted by molar-refractivity contribution is 7.89. The number of amides is 1. The average molecular weight is 407 g/mol. The monoisotopic (exact) mass is 406 g/mol. The molecule has 2 aromatic carbocycles. The number of Topliss-reactive ketones (excluding diaryl/α,β-unsaturated/α-hetero) is 1. The van der Waals surface area contributed by atoms with Crippen LogP contribution in [0.1, 0.15) is 30.1 Å². The Morgan fingerprint density at radius 3 is 2.30 bits per heavy atom. The lowest BCUT2D eigenvalue weighted by molar-refractivity contribution is -0.119. The minimum atomic E-state index is -3.79. The van der Waals surface area contributed by atoms with Crippen molar-refractivity contribution in [2.24, 2.45) is 0 Å². The van der Waals surface area contributed by atoms with Crippen molar-refractivity contribution in [1.82, 2.24) is 4.31 Å². The first-order chi connectivity index (χ1) is 12.8. The van der Waals surface area contributed by atoms with Crippen molar-refractivity contribution in [3.05, 3.63) is 59.1 Å². The van der Waals surface area contributed by atoms with Crippen molar-refractivity contribution in [2.75, 3.05) is 11.9 Å². The first-order valence-electron chi connectivity index (χ1n) is 8.48. The normalized spacial score (nSPS) is 17.6. The van der Waals surface area contributed by atoms with E-state index < -0.39 is 16.1 Å². The second-order valence-corrected chi connectivity index (χ2v) is 8.68. The van der Waals surface area contributed by atoms with Gasteiger partial charge in [-0.2, -0.15) is 4.31 Å². The van der Waals surface area contributed by atoms with E-state index in [2.05, 4.69) is 5.32 Å². The van der Waals surface area contributed by atoms with Crippen LogP contribution in [-0.4, -0.2) is 37.0 Å². The molecule has 0 radical (unpaired) electrons. The quantitative estimate of drug-likeness (QED) is 0.772. The standard InChI is InChI=1S/C19H19ClN2O4S/c1-13(23)14-4-8-16(9-5-14)21-19(24)18-3-2-12-22(18)27(25,26)17-10-6-15(20)7-11-17/h4-11,18H,2-3,12H2,1H3,(H,21,24)/t18-/m0/s1. The fourth-order valence-corrected chi connectivity index (χ4v) is 4.83. The van der Waals surface area contributed by atoms with Crippen LogP contribution < -0.4 is 5.32 Å². The van der Waals surface area contributed by atoms with Crippen LogP contribution in [0.2, 0.25) is 5.02 Å². The molecule has 8 heteroatoms. The Bertz CT molecular complexity index is 956. The number of benzene rings is 2. The third kappa shape index (κ3) is 4.21. The van der Waals surface area contributed by atoms with E-state index in [0.29, 0.717) is 29.1 Å². The highest BCUT2D eigenvalue weighted by atomic mass is 35.5. The Hall–Kier alpha value is -2.22. The summed E-state index contributed by atoms with van der Waals surface area (Å²) in [6.45, 7) is 1.75. The topological polar surface area (TPSA) is 83.6 Å². The van der Waals surface area contributed by atoms with Crippen molar-refractivity contribution >= 4 is 39.0 Å². The van der Waals surface area contributed by atoms with Gasteiger partial charge in [-0.3, -0.25) is 9.59 Å². The fourth-order valence-electron chi connectivity index (χ4n) is 3.05. The van der Waals surface area contributed by atoms with E-state index >= 15 is 0 Å². The number of sulfonamides is 1. The first kappa shape index (κ1) is 19.5. The second kappa shape index (κ2) is 7.80. The summed E-state index contributed by atoms with van der Waals surface area (Å²) >= 11 is 5.83. The molecule has 1 fully saturated rings. The molecule has 0 bridgehead atoms. The summed E-state index contributed by atoms with van der Waals surface area (Å²) in [5, 5.41) is 3.18. The van der Waals surface area contributed by atoms with Gasteiger partial charge in [0.05, 0.1) is 4.90 Å². The van der Waals surface area contributed by atoms with Crippen molar-refractivity contribution in [1.29, 1.82) is 0 Å². The molecule has 1 N–H and O–H groups in total. The molecule has 0 saturated carbocycles. The van der Waals surface area contributed by atoms with Gasteiger partial charge in [0.25, 0.3) is 0 Å². The molecule has 0 unspecified atom stereocenters. The highest BCUT2D eigenvalue weighted by Crippen LogP contribution is 2.27. The largest absolute Gasteiger partial charge is 0.325 e. The molecule has 3 rings (SSSR count). The van der Waals surface area contributed by atoms with Crippen LogP contribution in [0.3, 0.4) is 0 Å². The zero-order valence-electron chi connectivity index (χ0n) is 14.7. The number of nitrogens with one attached hydrogen (secondary N) is 1. The number of hydrogen-bond donors (Lipinski definition) is 1. The summed E-state index contributed by atoms with van der Waals surface area (Å²) in [5.41, 5.74) is 1.06. The molecule has 27 heavy (non-hydrogen) atoms. The first-order valence-corrected chi connectivity index (χ1v) is 10.3. The van der Waals surface area contributed by atoms with E-state index in [1.165, 1.54) is 35.5 Å². The van der Waals surface area contributed by atoms with Crippen LogP contribution in [0.15, 0.2) is 53.4 Å². The Labute approximate surface area is 163 Å². The molecular weight excluding hydrogens is 388 g/mol. The van der Waals surface area contributed by atoms with Crippen LogP contribution in [0, 0.1) is 0 Å². The molecule has 6 nitrogen and oxygen atoms in total. The van der Waals surface area contributed by atoms with Crippen molar-refractivity contribution in [3.8, 4) is 0 Å². The maximum atomic E-state index is 12.9. The van der Waals surface area contributed by atoms with Gasteiger partial charge in [0.15, 0.2) is 5.78 Å². The number of hydrogen-bond acceptors (Lipinski definition) is 4. The van der Waals surface area contributed by atoms with Gasteiger partial charge in [0.2, 0.25) is 15.9 Å². The van der Waals surface area contributed by atoms with Crippen LogP contribution in [0.5, 0.6) is 0 Å². The summed E-state index contributed by atoms with van der Waals surface area (Å²) < 4.78 is 27.0. The van der Waals surface area contributed by atoms with Crippen molar-refractivity contribution < 1.29 is 18.0 Å². The lowest BCUT2D eigenvalue weighted by Gasteiger charge is -2.23. The van der Waals surface area contributed by atoms with Crippen molar-refractivity contribution in [2.45, 2.75) is 30.7 Å². The highest BCUT2D eigenvalue weighted by Gasteiger charge is 2.39. The SMILES string of the molecule is CC(=O)c1ccc(NC(=O)[C@@H]2CCCN2S(=O)(=O)c2ccc(Cl)cc2)cc1. The Morgan fingerprint density at radius 1 is 1.07 bits per heavy atom. The van der Waals surface area contributed by atoms with E-state index in [0.717, 1.165) is 0 Å². The average Bonchev–Trinajstić information content (AvgIpc) is 3.13. The molecule has 1 aliphatic heterocycles. The zero-order valence-corrected chi connectivity index (χ0v) is 16.3. The number of anilines is 1. The molecule has 1 heterocycles. The Kier molecular flexibility index (Phi) is 5.64. The van der Waals surface area contributed by atoms with Crippen LogP contribution in [0.4, 0.5) is 5.69 Å². The molecule has 1 amide bonds. The molecule has 0 spiro atoms. The molecule has 1 saturated heterocycles. The lowest BCUT2D eigenvalue weighted by Crippen LogP contribution is -2.43. The Morgan fingerprint density at radius 2 is 1.70 bits per heavy atom. The number of nitrogens with zero attached hydrogens (tertiary/aromatic N) is 1. The molecular formula is C19H19ClN2O4S. The minimum Gasteiger partial charge on any atom is -0.325 e. The summed E-state index contributed by atoms with van der Waals surface area (Å²) in [7, 11) is -3.79. The smallest absolute Gasteiger partial charge is 0.243 e. The van der Waals surface area contributed by atoms with Gasteiger partial charge in [-0.1, -0.05) is 11.6 Å². The Balaban J connectivity index is 1.78. The van der Waals surface area contributed by atoms with Crippen LogP contribution in [-0.2, 0) is 14.8 Å². The summed E-state index contributed by atoms with van der Waals surface area (Å²) in [5.74, 6) is -0.454. The predicted octanol–water partition coefficient (Wildman–Crippen LogP) is 3.33. The van der Waals surface area contributed by atoms with E-state index in [1.54, 1.807) is 24.3 Å². The molecule has 142 valence electrons. The summed E-state index contributed by atoms with van der Waals surface area (Å²) in [6, 6.07) is 11.6. The maximum absolute atomic E-state index is 12.9. The van der Waals surface area contributed by atoms with E-state index in [4.69, 9.17) is 11.6 Å².